The summed E-state index contributed by atoms with van der Waals surface area (Å²) in [6.07, 6.45) is 0. The number of hydrogen-bond donors (Lipinski definition) is 1. The molecule has 0 aromatic heterocycles. The van der Waals surface area contributed by atoms with Crippen molar-refractivity contribution in [2.24, 2.45) is 0 Å². The Hall–Kier alpha value is -3.25. The smallest absolute Gasteiger partial charge is 0.255 e. The topological polar surface area (TPSA) is 58.6 Å². The van der Waals surface area contributed by atoms with Crippen LogP contribution in [0.3, 0.4) is 0 Å². The Morgan fingerprint density at radius 2 is 1.69 bits per heavy atom. The summed E-state index contributed by atoms with van der Waals surface area (Å²) >= 11 is 1.60. The van der Waals surface area contributed by atoms with Crippen LogP contribution in [0.5, 0.6) is 5.75 Å². The lowest BCUT2D eigenvalue weighted by atomic mass is 10.1. The van der Waals surface area contributed by atoms with Crippen LogP contribution in [0.25, 0.3) is 0 Å². The lowest BCUT2D eigenvalue weighted by Crippen LogP contribution is -2.27. The summed E-state index contributed by atoms with van der Waals surface area (Å²) in [5.41, 5.74) is 3.17. The number of rotatable bonds is 5. The van der Waals surface area contributed by atoms with Gasteiger partial charge in [0.1, 0.15) is 11.1 Å². The number of anilines is 2. The Labute approximate surface area is 173 Å². The second kappa shape index (κ2) is 8.41. The van der Waals surface area contributed by atoms with Crippen molar-refractivity contribution in [1.82, 2.24) is 0 Å². The summed E-state index contributed by atoms with van der Waals surface area (Å²) in [7, 11) is 1.59. The third-order valence-corrected chi connectivity index (χ3v) is 5.92. The first kappa shape index (κ1) is 19.1. The molecule has 29 heavy (non-hydrogen) atoms. The average Bonchev–Trinajstić information content (AvgIpc) is 3.16. The molecule has 1 heterocycles. The van der Waals surface area contributed by atoms with Gasteiger partial charge in [0.2, 0.25) is 5.91 Å². The summed E-state index contributed by atoms with van der Waals surface area (Å²) in [5.74, 6) is 1.08. The molecular weight excluding hydrogens is 384 g/mol. The molecule has 5 nitrogen and oxygen atoms in total. The van der Waals surface area contributed by atoms with Crippen molar-refractivity contribution in [2.45, 2.75) is 5.37 Å². The molecule has 1 N–H and O–H groups in total. The minimum Gasteiger partial charge on any atom is -0.497 e. The van der Waals surface area contributed by atoms with E-state index < -0.39 is 0 Å². The molecular formula is C23H20N2O3S. The van der Waals surface area contributed by atoms with Crippen LogP contribution in [-0.4, -0.2) is 24.7 Å². The number of carbonyl (C=O) groups excluding carboxylic acids is 2. The highest BCUT2D eigenvalue weighted by Crippen LogP contribution is 2.41. The maximum absolute atomic E-state index is 12.4. The predicted octanol–water partition coefficient (Wildman–Crippen LogP) is 4.73. The molecule has 1 aliphatic heterocycles. The minimum absolute atomic E-state index is 0.0729. The normalized spacial score (nSPS) is 16.0. The van der Waals surface area contributed by atoms with E-state index in [1.54, 1.807) is 43.1 Å². The van der Waals surface area contributed by atoms with Gasteiger partial charge in [0.15, 0.2) is 0 Å². The maximum atomic E-state index is 12.4. The van der Waals surface area contributed by atoms with E-state index in [1.165, 1.54) is 0 Å². The number of amides is 2. The van der Waals surface area contributed by atoms with Gasteiger partial charge >= 0.3 is 0 Å². The molecule has 0 spiro atoms. The molecule has 1 unspecified atom stereocenters. The Balaban J connectivity index is 1.48. The molecule has 1 fully saturated rings. The number of methoxy groups -OCH3 is 1. The van der Waals surface area contributed by atoms with Crippen molar-refractivity contribution in [2.75, 3.05) is 23.1 Å². The second-order valence-corrected chi connectivity index (χ2v) is 7.64. The lowest BCUT2D eigenvalue weighted by Gasteiger charge is -2.24. The van der Waals surface area contributed by atoms with Gasteiger partial charge < -0.3 is 10.1 Å². The van der Waals surface area contributed by atoms with Crippen LogP contribution >= 0.6 is 11.8 Å². The first-order valence-corrected chi connectivity index (χ1v) is 10.2. The van der Waals surface area contributed by atoms with Gasteiger partial charge in [-0.2, -0.15) is 0 Å². The molecule has 1 atom stereocenters. The third-order valence-electron chi connectivity index (χ3n) is 4.71. The van der Waals surface area contributed by atoms with Crippen LogP contribution in [0.4, 0.5) is 11.4 Å². The van der Waals surface area contributed by atoms with Crippen LogP contribution in [0, 0.1) is 0 Å². The number of carbonyl (C=O) groups is 2. The zero-order chi connectivity index (χ0) is 20.2. The zero-order valence-electron chi connectivity index (χ0n) is 15.9. The predicted molar refractivity (Wildman–Crippen MR) is 117 cm³/mol. The van der Waals surface area contributed by atoms with E-state index in [4.69, 9.17) is 4.74 Å². The number of para-hydroxylation sites is 1. The standard InChI is InChI=1S/C23H20N2O3S/c1-28-20-13-9-16(10-14-20)22(27)24-18-11-7-17(8-12-18)23-25(21(26)15-29-23)19-5-3-2-4-6-19/h2-14,23H,15H2,1H3,(H,24,27). The van der Waals surface area contributed by atoms with Crippen molar-refractivity contribution in [3.8, 4) is 5.75 Å². The number of thioether (sulfide) groups is 1. The third kappa shape index (κ3) is 4.12. The molecule has 3 aromatic carbocycles. The van der Waals surface area contributed by atoms with E-state index in [9.17, 15) is 9.59 Å². The summed E-state index contributed by atoms with van der Waals surface area (Å²) in [4.78, 5) is 26.7. The van der Waals surface area contributed by atoms with Gasteiger partial charge in [-0.25, -0.2) is 0 Å². The van der Waals surface area contributed by atoms with Gasteiger partial charge in [-0.15, -0.1) is 11.8 Å². The molecule has 146 valence electrons. The van der Waals surface area contributed by atoms with Gasteiger partial charge in [0.25, 0.3) is 5.91 Å². The molecule has 0 radical (unpaired) electrons. The van der Waals surface area contributed by atoms with E-state index in [2.05, 4.69) is 5.32 Å². The van der Waals surface area contributed by atoms with Crippen LogP contribution in [-0.2, 0) is 4.79 Å². The van der Waals surface area contributed by atoms with E-state index in [0.717, 1.165) is 11.3 Å². The highest BCUT2D eigenvalue weighted by molar-refractivity contribution is 8.00. The summed E-state index contributed by atoms with van der Waals surface area (Å²) in [6.45, 7) is 0. The first-order valence-electron chi connectivity index (χ1n) is 9.20. The second-order valence-electron chi connectivity index (χ2n) is 6.57. The molecule has 0 saturated carbocycles. The van der Waals surface area contributed by atoms with Crippen molar-refractivity contribution >= 4 is 35.0 Å². The number of nitrogens with zero attached hydrogens (tertiary/aromatic N) is 1. The van der Waals surface area contributed by atoms with Crippen LogP contribution < -0.4 is 15.0 Å². The highest BCUT2D eigenvalue weighted by atomic mass is 32.2. The number of benzene rings is 3. The Kier molecular flexibility index (Phi) is 5.53. The number of hydrogen-bond acceptors (Lipinski definition) is 4. The minimum atomic E-state index is -0.184. The highest BCUT2D eigenvalue weighted by Gasteiger charge is 2.33. The summed E-state index contributed by atoms with van der Waals surface area (Å²) in [5, 5.41) is 2.83. The lowest BCUT2D eigenvalue weighted by molar-refractivity contribution is -0.115. The Bertz CT molecular complexity index is 1000. The summed E-state index contributed by atoms with van der Waals surface area (Å²) < 4.78 is 5.12. The fourth-order valence-corrected chi connectivity index (χ4v) is 4.39. The quantitative estimate of drug-likeness (QED) is 0.668. The van der Waals surface area contributed by atoms with Gasteiger partial charge in [-0.1, -0.05) is 30.3 Å². The Morgan fingerprint density at radius 1 is 1.00 bits per heavy atom. The van der Waals surface area contributed by atoms with Gasteiger partial charge in [-0.3, -0.25) is 14.5 Å². The molecule has 0 bridgehead atoms. The first-order chi connectivity index (χ1) is 14.2. The summed E-state index contributed by atoms with van der Waals surface area (Å²) in [6, 6.07) is 24.3. The largest absolute Gasteiger partial charge is 0.497 e. The van der Waals surface area contributed by atoms with E-state index in [1.807, 2.05) is 59.5 Å². The van der Waals surface area contributed by atoms with E-state index >= 15 is 0 Å². The van der Waals surface area contributed by atoms with Crippen molar-refractivity contribution in [3.63, 3.8) is 0 Å². The van der Waals surface area contributed by atoms with Crippen LogP contribution in [0.1, 0.15) is 21.3 Å². The molecule has 6 heteroatoms. The SMILES string of the molecule is COc1ccc(C(=O)Nc2ccc(C3SCC(=O)N3c3ccccc3)cc2)cc1. The van der Waals surface area contributed by atoms with Gasteiger partial charge in [0.05, 0.1) is 12.9 Å². The van der Waals surface area contributed by atoms with E-state index in [-0.39, 0.29) is 17.2 Å². The maximum Gasteiger partial charge on any atom is 0.255 e. The zero-order valence-corrected chi connectivity index (χ0v) is 16.7. The fourth-order valence-electron chi connectivity index (χ4n) is 3.22. The van der Waals surface area contributed by atoms with Crippen molar-refractivity contribution in [1.29, 1.82) is 0 Å². The average molecular weight is 404 g/mol. The van der Waals surface area contributed by atoms with Crippen molar-refractivity contribution in [3.05, 3.63) is 90.0 Å². The van der Waals surface area contributed by atoms with E-state index in [0.29, 0.717) is 22.8 Å². The number of nitrogens with one attached hydrogen (secondary N) is 1. The molecule has 4 rings (SSSR count). The molecule has 1 saturated heterocycles. The number of ether oxygens (including phenoxy) is 1. The monoisotopic (exact) mass is 404 g/mol. The molecule has 0 aliphatic carbocycles. The van der Waals surface area contributed by atoms with Gasteiger partial charge in [-0.05, 0) is 54.1 Å². The fraction of sp³-hybridized carbons (Fsp3) is 0.130. The molecule has 3 aromatic rings. The van der Waals surface area contributed by atoms with Gasteiger partial charge in [0, 0.05) is 16.9 Å². The Morgan fingerprint density at radius 3 is 2.34 bits per heavy atom. The van der Waals surface area contributed by atoms with Crippen molar-refractivity contribution < 1.29 is 14.3 Å². The van der Waals surface area contributed by atoms with Crippen LogP contribution in [0.2, 0.25) is 0 Å². The molecule has 2 amide bonds. The van der Waals surface area contributed by atoms with Crippen LogP contribution in [0.15, 0.2) is 78.9 Å². The molecule has 1 aliphatic rings.